The van der Waals surface area contributed by atoms with Gasteiger partial charge in [-0.05, 0) is 51.1 Å². The number of fused-ring (bicyclic) bond motifs is 3. The number of hydrogen-bond acceptors (Lipinski definition) is 2. The van der Waals surface area contributed by atoms with Crippen molar-refractivity contribution >= 4 is 0 Å². The molecule has 0 aromatic rings. The second-order valence-corrected chi connectivity index (χ2v) is 4.48. The summed E-state index contributed by atoms with van der Waals surface area (Å²) in [5, 5.41) is 9.31. The van der Waals surface area contributed by atoms with Crippen molar-refractivity contribution in [3.05, 3.63) is 0 Å². The highest BCUT2D eigenvalue weighted by atomic mass is 16.3. The van der Waals surface area contributed by atoms with Gasteiger partial charge in [0.2, 0.25) is 0 Å². The van der Waals surface area contributed by atoms with E-state index in [9.17, 15) is 5.11 Å². The maximum absolute atomic E-state index is 9.31. The summed E-state index contributed by atoms with van der Waals surface area (Å²) in [5.74, 6) is 1.71. The van der Waals surface area contributed by atoms with E-state index in [0.717, 1.165) is 18.3 Å². The molecule has 0 aliphatic carbocycles. The molecule has 2 atom stereocenters. The number of aliphatic hydroxyl groups excluding tert-OH is 1. The average molecular weight is 169 g/mol. The third kappa shape index (κ3) is 1.64. The van der Waals surface area contributed by atoms with E-state index in [1.54, 1.807) is 0 Å². The predicted molar refractivity (Wildman–Crippen MR) is 49.0 cm³/mol. The number of piperidine rings is 3. The van der Waals surface area contributed by atoms with Gasteiger partial charge in [0.25, 0.3) is 0 Å². The smallest absolute Gasteiger partial charge is 0.0515 e. The van der Waals surface area contributed by atoms with Crippen LogP contribution in [0.15, 0.2) is 0 Å². The summed E-state index contributed by atoms with van der Waals surface area (Å²) in [6.07, 6.45) is 3.66. The van der Waals surface area contributed by atoms with Crippen molar-refractivity contribution in [1.82, 2.24) is 4.90 Å². The van der Waals surface area contributed by atoms with Crippen LogP contribution < -0.4 is 0 Å². The van der Waals surface area contributed by atoms with Gasteiger partial charge in [-0.1, -0.05) is 0 Å². The largest absolute Gasteiger partial charge is 0.393 e. The zero-order valence-corrected chi connectivity index (χ0v) is 7.87. The first-order valence-corrected chi connectivity index (χ1v) is 5.16. The first-order chi connectivity index (χ1) is 5.75. The van der Waals surface area contributed by atoms with Gasteiger partial charge in [0.05, 0.1) is 6.10 Å². The van der Waals surface area contributed by atoms with Gasteiger partial charge in [-0.25, -0.2) is 0 Å². The molecule has 2 nitrogen and oxygen atoms in total. The molecule has 2 unspecified atom stereocenters. The van der Waals surface area contributed by atoms with E-state index < -0.39 is 0 Å². The Bertz CT molecular complexity index is 148. The summed E-state index contributed by atoms with van der Waals surface area (Å²) in [6.45, 7) is 5.77. The fourth-order valence-electron chi connectivity index (χ4n) is 2.79. The number of nitrogens with zero attached hydrogens (tertiary/aromatic N) is 1. The van der Waals surface area contributed by atoms with Gasteiger partial charge < -0.3 is 10.0 Å². The van der Waals surface area contributed by atoms with E-state index in [1.165, 1.54) is 32.5 Å². The molecule has 3 heterocycles. The monoisotopic (exact) mass is 169 g/mol. The molecule has 3 rings (SSSR count). The molecule has 0 amide bonds. The molecule has 1 N–H and O–H groups in total. The van der Waals surface area contributed by atoms with E-state index >= 15 is 0 Å². The zero-order chi connectivity index (χ0) is 8.55. The molecule has 0 aromatic carbocycles. The van der Waals surface area contributed by atoms with E-state index in [4.69, 9.17) is 0 Å². The van der Waals surface area contributed by atoms with Gasteiger partial charge in [-0.3, -0.25) is 0 Å². The van der Waals surface area contributed by atoms with Gasteiger partial charge in [-0.15, -0.1) is 0 Å². The van der Waals surface area contributed by atoms with Crippen LogP contribution in [0.4, 0.5) is 0 Å². The Balaban J connectivity index is 1.91. The van der Waals surface area contributed by atoms with Gasteiger partial charge in [0.1, 0.15) is 0 Å². The second-order valence-electron chi connectivity index (χ2n) is 4.48. The molecule has 0 saturated carbocycles. The van der Waals surface area contributed by atoms with Crippen LogP contribution in [0.5, 0.6) is 0 Å². The lowest BCUT2D eigenvalue weighted by Gasteiger charge is -2.45. The molecule has 0 aromatic heterocycles. The summed E-state index contributed by atoms with van der Waals surface area (Å²) in [7, 11) is 0. The van der Waals surface area contributed by atoms with Crippen LogP contribution in [0.2, 0.25) is 0 Å². The Labute approximate surface area is 74.6 Å². The Morgan fingerprint density at radius 3 is 2.50 bits per heavy atom. The molecular formula is C10H19NO. The molecule has 2 bridgehead atoms. The summed E-state index contributed by atoms with van der Waals surface area (Å²) in [4.78, 5) is 2.55. The SMILES string of the molecule is CC(O)CC1CN2CCC1CC2. The molecule has 12 heavy (non-hydrogen) atoms. The molecule has 3 fully saturated rings. The molecular weight excluding hydrogens is 150 g/mol. The van der Waals surface area contributed by atoms with Crippen molar-refractivity contribution in [3.63, 3.8) is 0 Å². The highest BCUT2D eigenvalue weighted by molar-refractivity contribution is 4.86. The van der Waals surface area contributed by atoms with Crippen molar-refractivity contribution < 1.29 is 5.11 Å². The van der Waals surface area contributed by atoms with Gasteiger partial charge in [-0.2, -0.15) is 0 Å². The maximum Gasteiger partial charge on any atom is 0.0515 e. The van der Waals surface area contributed by atoms with E-state index in [-0.39, 0.29) is 6.10 Å². The fraction of sp³-hybridized carbons (Fsp3) is 1.00. The fourth-order valence-corrected chi connectivity index (χ4v) is 2.79. The topological polar surface area (TPSA) is 23.5 Å². The first kappa shape index (κ1) is 8.52. The average Bonchev–Trinajstić information content (AvgIpc) is 2.05. The lowest BCUT2D eigenvalue weighted by molar-refractivity contribution is 0.0233. The van der Waals surface area contributed by atoms with Crippen molar-refractivity contribution in [2.24, 2.45) is 11.8 Å². The highest BCUT2D eigenvalue weighted by Crippen LogP contribution is 2.34. The van der Waals surface area contributed by atoms with E-state index in [2.05, 4.69) is 4.90 Å². The minimum absolute atomic E-state index is 0.101. The zero-order valence-electron chi connectivity index (χ0n) is 7.87. The molecule has 2 heteroatoms. The van der Waals surface area contributed by atoms with Crippen LogP contribution in [-0.4, -0.2) is 35.7 Å². The maximum atomic E-state index is 9.31. The molecule has 0 spiro atoms. The van der Waals surface area contributed by atoms with Crippen LogP contribution >= 0.6 is 0 Å². The van der Waals surface area contributed by atoms with Gasteiger partial charge in [0, 0.05) is 6.54 Å². The van der Waals surface area contributed by atoms with E-state index in [1.807, 2.05) is 6.92 Å². The number of rotatable bonds is 2. The number of aliphatic hydroxyl groups is 1. The summed E-state index contributed by atoms with van der Waals surface area (Å²) in [6, 6.07) is 0. The van der Waals surface area contributed by atoms with Crippen molar-refractivity contribution in [2.45, 2.75) is 32.3 Å². The van der Waals surface area contributed by atoms with Crippen molar-refractivity contribution in [1.29, 1.82) is 0 Å². The summed E-state index contributed by atoms with van der Waals surface area (Å²) in [5.41, 5.74) is 0. The lowest BCUT2D eigenvalue weighted by Crippen LogP contribution is -2.48. The molecule has 3 aliphatic heterocycles. The molecule has 0 radical (unpaired) electrons. The quantitative estimate of drug-likeness (QED) is 0.669. The second kappa shape index (κ2) is 3.35. The van der Waals surface area contributed by atoms with Gasteiger partial charge in [0.15, 0.2) is 0 Å². The van der Waals surface area contributed by atoms with Crippen LogP contribution in [0, 0.1) is 11.8 Å². The van der Waals surface area contributed by atoms with Gasteiger partial charge >= 0.3 is 0 Å². The summed E-state index contributed by atoms with van der Waals surface area (Å²) < 4.78 is 0. The molecule has 3 saturated heterocycles. The lowest BCUT2D eigenvalue weighted by atomic mass is 9.77. The minimum Gasteiger partial charge on any atom is -0.393 e. The van der Waals surface area contributed by atoms with Crippen molar-refractivity contribution in [2.75, 3.05) is 19.6 Å². The predicted octanol–water partition coefficient (Wildman–Crippen LogP) is 1.10. The normalized spacial score (nSPS) is 43.0. The van der Waals surface area contributed by atoms with E-state index in [0.29, 0.717) is 0 Å². The Morgan fingerprint density at radius 2 is 2.08 bits per heavy atom. The molecule has 70 valence electrons. The summed E-state index contributed by atoms with van der Waals surface area (Å²) >= 11 is 0. The van der Waals surface area contributed by atoms with Crippen molar-refractivity contribution in [3.8, 4) is 0 Å². The van der Waals surface area contributed by atoms with Crippen LogP contribution in [-0.2, 0) is 0 Å². The Hall–Kier alpha value is -0.0800. The highest BCUT2D eigenvalue weighted by Gasteiger charge is 2.34. The Kier molecular flexibility index (Phi) is 2.37. The van der Waals surface area contributed by atoms with Crippen LogP contribution in [0.25, 0.3) is 0 Å². The first-order valence-electron chi connectivity index (χ1n) is 5.16. The number of hydrogen-bond donors (Lipinski definition) is 1. The third-order valence-electron chi connectivity index (χ3n) is 3.44. The molecule has 3 aliphatic rings. The Morgan fingerprint density at radius 1 is 1.42 bits per heavy atom. The van der Waals surface area contributed by atoms with Crippen LogP contribution in [0.3, 0.4) is 0 Å². The third-order valence-corrected chi connectivity index (χ3v) is 3.44. The van der Waals surface area contributed by atoms with Crippen LogP contribution in [0.1, 0.15) is 26.2 Å². The minimum atomic E-state index is -0.101. The standard InChI is InChI=1S/C10H19NO/c1-8(12)6-10-7-11-4-2-9(10)3-5-11/h8-10,12H,2-7H2,1H3.